The molecule has 1 aromatic carbocycles. The first-order valence-electron chi connectivity index (χ1n) is 8.38. The third-order valence-electron chi connectivity index (χ3n) is 4.27. The van der Waals surface area contributed by atoms with E-state index in [1.165, 1.54) is 43.9 Å². The maximum atomic E-state index is 12.8. The summed E-state index contributed by atoms with van der Waals surface area (Å²) in [5.74, 6) is -0.212. The fourth-order valence-electron chi connectivity index (χ4n) is 2.88. The normalized spacial score (nSPS) is 15.1. The van der Waals surface area contributed by atoms with Crippen LogP contribution < -0.4 is 9.46 Å². The van der Waals surface area contributed by atoms with Gasteiger partial charge < -0.3 is 23.8 Å². The summed E-state index contributed by atoms with van der Waals surface area (Å²) >= 11 is -2.47. The molecular weight excluding hydrogens is 386 g/mol. The summed E-state index contributed by atoms with van der Waals surface area (Å²) in [4.78, 5) is 36.4. The lowest BCUT2D eigenvalue weighted by atomic mass is 10.1. The minimum Gasteiger partial charge on any atom is -0.755 e. The molecule has 1 aliphatic rings. The van der Waals surface area contributed by atoms with E-state index in [0.29, 0.717) is 37.4 Å². The fraction of sp³-hybridized carbons (Fsp3) is 0.294. The number of amides is 2. The summed E-state index contributed by atoms with van der Waals surface area (Å²) in [6, 6.07) is 4.43. The molecule has 148 valence electrons. The molecule has 0 aliphatic carbocycles. The summed E-state index contributed by atoms with van der Waals surface area (Å²) in [5, 5.41) is 0. The van der Waals surface area contributed by atoms with E-state index in [2.05, 4.69) is 14.7 Å². The van der Waals surface area contributed by atoms with Crippen molar-refractivity contribution < 1.29 is 23.1 Å². The van der Waals surface area contributed by atoms with Gasteiger partial charge in [0.25, 0.3) is 11.8 Å². The quantitative estimate of drug-likeness (QED) is 0.709. The Morgan fingerprint density at radius 1 is 1.14 bits per heavy atom. The van der Waals surface area contributed by atoms with Crippen molar-refractivity contribution in [2.45, 2.75) is 0 Å². The Balaban J connectivity index is 1.66. The highest BCUT2D eigenvalue weighted by Gasteiger charge is 2.27. The smallest absolute Gasteiger partial charge is 0.274 e. The third-order valence-corrected chi connectivity index (χ3v) is 4.67. The zero-order chi connectivity index (χ0) is 20.1. The maximum Gasteiger partial charge on any atom is 0.274 e. The summed E-state index contributed by atoms with van der Waals surface area (Å²) < 4.78 is 29.0. The van der Waals surface area contributed by atoms with E-state index in [4.69, 9.17) is 4.74 Å². The molecule has 1 unspecified atom stereocenters. The number of benzene rings is 1. The molecule has 1 atom stereocenters. The first-order chi connectivity index (χ1) is 13.5. The average molecular weight is 404 g/mol. The Hall–Kier alpha value is -3.05. The summed E-state index contributed by atoms with van der Waals surface area (Å²) in [6.07, 6.45) is 4.37. The number of carbonyl (C=O) groups excluding carboxylic acids is 2. The van der Waals surface area contributed by atoms with Crippen LogP contribution in [-0.2, 0) is 11.3 Å². The SMILES string of the molecule is COc1cc(NS(=O)[O-])ccc1C(=O)N1CCN(C(=O)c2cnccn2)CC1. The van der Waals surface area contributed by atoms with E-state index in [1.807, 2.05) is 0 Å². The average Bonchev–Trinajstić information content (AvgIpc) is 2.73. The van der Waals surface area contributed by atoms with Crippen LogP contribution >= 0.6 is 0 Å². The van der Waals surface area contributed by atoms with Crippen LogP contribution in [0.25, 0.3) is 0 Å². The minimum absolute atomic E-state index is 0.223. The van der Waals surface area contributed by atoms with Crippen LogP contribution in [0.3, 0.4) is 0 Å². The van der Waals surface area contributed by atoms with Gasteiger partial charge in [0.05, 0.1) is 18.9 Å². The number of methoxy groups -OCH3 is 1. The Bertz CT molecular complexity index is 887. The number of nitrogens with zero attached hydrogens (tertiary/aromatic N) is 4. The minimum atomic E-state index is -2.47. The second-order valence-corrected chi connectivity index (χ2v) is 6.60. The number of rotatable bonds is 5. The molecule has 1 saturated heterocycles. The lowest BCUT2D eigenvalue weighted by Gasteiger charge is -2.34. The molecule has 1 fully saturated rings. The van der Waals surface area contributed by atoms with Crippen molar-refractivity contribution in [2.24, 2.45) is 0 Å². The first-order valence-corrected chi connectivity index (χ1v) is 9.45. The second-order valence-electron chi connectivity index (χ2n) is 5.93. The van der Waals surface area contributed by atoms with Gasteiger partial charge in [0, 0.05) is 61.6 Å². The lowest BCUT2D eigenvalue weighted by Crippen LogP contribution is -2.50. The van der Waals surface area contributed by atoms with E-state index in [0.717, 1.165) is 0 Å². The molecule has 1 aliphatic heterocycles. The van der Waals surface area contributed by atoms with Gasteiger partial charge in [-0.25, -0.2) is 4.98 Å². The number of anilines is 1. The van der Waals surface area contributed by atoms with E-state index >= 15 is 0 Å². The van der Waals surface area contributed by atoms with Crippen molar-refractivity contribution >= 4 is 28.8 Å². The Morgan fingerprint density at radius 2 is 1.82 bits per heavy atom. The Kier molecular flexibility index (Phi) is 6.16. The maximum absolute atomic E-state index is 12.8. The predicted octanol–water partition coefficient (Wildman–Crippen LogP) is 0.289. The van der Waals surface area contributed by atoms with Gasteiger partial charge in [-0.2, -0.15) is 0 Å². The standard InChI is InChI=1S/C17H19N5O5S/c1-27-15-10-12(20-28(25)26)2-3-13(15)16(23)21-6-8-22(9-7-21)17(24)14-11-18-4-5-19-14/h2-5,10-11,20H,6-9H2,1H3,(H,25,26)/p-1. The molecule has 0 saturated carbocycles. The second kappa shape index (κ2) is 8.76. The number of carbonyl (C=O) groups is 2. The van der Waals surface area contributed by atoms with E-state index in [9.17, 15) is 18.4 Å². The summed E-state index contributed by atoms with van der Waals surface area (Å²) in [5.41, 5.74) is 0.877. The van der Waals surface area contributed by atoms with Gasteiger partial charge in [-0.1, -0.05) is 0 Å². The summed E-state index contributed by atoms with van der Waals surface area (Å²) in [7, 11) is 1.40. The molecule has 2 amide bonds. The van der Waals surface area contributed by atoms with Crippen LogP contribution in [0.5, 0.6) is 5.75 Å². The van der Waals surface area contributed by atoms with Crippen molar-refractivity contribution in [2.75, 3.05) is 38.0 Å². The molecule has 0 bridgehead atoms. The van der Waals surface area contributed by atoms with Gasteiger partial charge >= 0.3 is 0 Å². The van der Waals surface area contributed by atoms with Crippen molar-refractivity contribution in [1.29, 1.82) is 0 Å². The third kappa shape index (κ3) is 4.43. The predicted molar refractivity (Wildman–Crippen MR) is 99.4 cm³/mol. The number of hydrogen-bond donors (Lipinski definition) is 1. The van der Waals surface area contributed by atoms with E-state index in [-0.39, 0.29) is 23.3 Å². The lowest BCUT2D eigenvalue weighted by molar-refractivity contribution is 0.0530. The molecule has 0 spiro atoms. The molecule has 1 N–H and O–H groups in total. The zero-order valence-corrected chi connectivity index (χ0v) is 15.8. The van der Waals surface area contributed by atoms with Crippen LogP contribution in [-0.4, -0.2) is 73.6 Å². The molecule has 2 heterocycles. The molecule has 28 heavy (non-hydrogen) atoms. The largest absolute Gasteiger partial charge is 0.755 e. The van der Waals surface area contributed by atoms with Crippen LogP contribution in [0.1, 0.15) is 20.8 Å². The molecular formula is C17H18N5O5S-. The van der Waals surface area contributed by atoms with Crippen LogP contribution in [0.4, 0.5) is 5.69 Å². The number of nitrogens with one attached hydrogen (secondary N) is 1. The van der Waals surface area contributed by atoms with Crippen molar-refractivity contribution in [3.8, 4) is 5.75 Å². The Labute approximate surface area is 163 Å². The molecule has 3 rings (SSSR count). The summed E-state index contributed by atoms with van der Waals surface area (Å²) in [6.45, 7) is 1.47. The monoisotopic (exact) mass is 404 g/mol. The first kappa shape index (κ1) is 19.7. The topological polar surface area (TPSA) is 128 Å². The number of ether oxygens (including phenoxy) is 1. The van der Waals surface area contributed by atoms with Crippen molar-refractivity contribution in [3.05, 3.63) is 48.0 Å². The Morgan fingerprint density at radius 3 is 2.39 bits per heavy atom. The van der Waals surface area contributed by atoms with Gasteiger partial charge in [0.1, 0.15) is 11.4 Å². The van der Waals surface area contributed by atoms with E-state index < -0.39 is 11.3 Å². The van der Waals surface area contributed by atoms with E-state index in [1.54, 1.807) is 9.80 Å². The van der Waals surface area contributed by atoms with Crippen molar-refractivity contribution in [1.82, 2.24) is 19.8 Å². The van der Waals surface area contributed by atoms with Crippen molar-refractivity contribution in [3.63, 3.8) is 0 Å². The molecule has 2 aromatic rings. The van der Waals surface area contributed by atoms with Gasteiger partial charge in [0.15, 0.2) is 0 Å². The van der Waals surface area contributed by atoms with Gasteiger partial charge in [-0.05, 0) is 12.1 Å². The molecule has 0 radical (unpaired) electrons. The highest BCUT2D eigenvalue weighted by Crippen LogP contribution is 2.25. The van der Waals surface area contributed by atoms with Crippen LogP contribution in [0.15, 0.2) is 36.8 Å². The number of hydrogen-bond acceptors (Lipinski definition) is 7. The number of piperazine rings is 1. The van der Waals surface area contributed by atoms with Gasteiger partial charge in [-0.3, -0.25) is 18.8 Å². The van der Waals surface area contributed by atoms with Crippen LogP contribution in [0, 0.1) is 0 Å². The molecule has 11 heteroatoms. The molecule has 1 aromatic heterocycles. The number of aromatic nitrogens is 2. The molecule has 10 nitrogen and oxygen atoms in total. The van der Waals surface area contributed by atoms with Gasteiger partial charge in [0.2, 0.25) is 0 Å². The highest BCUT2D eigenvalue weighted by molar-refractivity contribution is 7.80. The fourth-order valence-corrected chi connectivity index (χ4v) is 3.20. The highest BCUT2D eigenvalue weighted by atomic mass is 32.2. The van der Waals surface area contributed by atoms with Crippen LogP contribution in [0.2, 0.25) is 0 Å². The van der Waals surface area contributed by atoms with Gasteiger partial charge in [-0.15, -0.1) is 0 Å². The zero-order valence-electron chi connectivity index (χ0n) is 15.0.